The highest BCUT2D eigenvalue weighted by Gasteiger charge is 2.55. The van der Waals surface area contributed by atoms with Crippen molar-refractivity contribution in [3.05, 3.63) is 0 Å². The van der Waals surface area contributed by atoms with E-state index in [-0.39, 0.29) is 12.4 Å². The van der Waals surface area contributed by atoms with Gasteiger partial charge in [-0.15, -0.1) is 12.4 Å². The van der Waals surface area contributed by atoms with E-state index in [2.05, 4.69) is 20.8 Å². The highest BCUT2D eigenvalue weighted by atomic mass is 35.5. The van der Waals surface area contributed by atoms with Crippen LogP contribution >= 0.6 is 12.4 Å². The molecule has 0 unspecified atom stereocenters. The highest BCUT2D eigenvalue weighted by molar-refractivity contribution is 5.85. The number of rotatable bonds is 0. The number of hydrogen-bond donors (Lipinski definition) is 0. The van der Waals surface area contributed by atoms with Crippen molar-refractivity contribution in [1.29, 1.82) is 0 Å². The number of halogens is 1. The molecule has 2 aliphatic carbocycles. The number of fused-ring (bicyclic) bond motifs is 2. The van der Waals surface area contributed by atoms with E-state index >= 15 is 0 Å². The molecule has 2 saturated carbocycles. The molecule has 0 aromatic rings. The summed E-state index contributed by atoms with van der Waals surface area (Å²) in [5.74, 6) is 1.05. The van der Waals surface area contributed by atoms with Gasteiger partial charge in [-0.3, -0.25) is 0 Å². The molecule has 0 aromatic carbocycles. The van der Waals surface area contributed by atoms with Gasteiger partial charge in [-0.1, -0.05) is 20.8 Å². The smallest absolute Gasteiger partial charge is 0.0272 e. The van der Waals surface area contributed by atoms with E-state index in [0.717, 1.165) is 5.92 Å². The lowest BCUT2D eigenvalue weighted by molar-refractivity contribution is 0.152. The molecule has 66 valence electrons. The predicted molar refractivity (Wildman–Crippen MR) is 51.1 cm³/mol. The second-order valence-electron chi connectivity index (χ2n) is 5.06. The summed E-state index contributed by atoms with van der Waals surface area (Å²) in [5.41, 5.74) is 1.37. The van der Waals surface area contributed by atoms with Crippen LogP contribution in [0.1, 0.15) is 46.5 Å². The fraction of sp³-hybridized carbons (Fsp3) is 1.00. The molecular formula is C10H19Cl. The van der Waals surface area contributed by atoms with E-state index in [9.17, 15) is 0 Å². The Kier molecular flexibility index (Phi) is 2.03. The number of hydrogen-bond acceptors (Lipinski definition) is 0. The lowest BCUT2D eigenvalue weighted by Crippen LogP contribution is -2.26. The summed E-state index contributed by atoms with van der Waals surface area (Å²) < 4.78 is 0. The third kappa shape index (κ3) is 0.950. The zero-order chi connectivity index (χ0) is 7.41. The molecular weight excluding hydrogens is 156 g/mol. The quantitative estimate of drug-likeness (QED) is 0.526. The average Bonchev–Trinajstić information content (AvgIpc) is 2.18. The SMILES string of the molecule is CC12CCC(CC1)C2(C)C.Cl. The second kappa shape index (κ2) is 2.39. The topological polar surface area (TPSA) is 0 Å². The first kappa shape index (κ1) is 9.38. The van der Waals surface area contributed by atoms with Gasteiger partial charge >= 0.3 is 0 Å². The normalized spacial score (nSPS) is 45.5. The van der Waals surface area contributed by atoms with Gasteiger partial charge in [0.25, 0.3) is 0 Å². The van der Waals surface area contributed by atoms with Crippen molar-refractivity contribution >= 4 is 12.4 Å². The lowest BCUT2D eigenvalue weighted by Gasteiger charge is -2.34. The van der Waals surface area contributed by atoms with E-state index in [1.807, 2.05) is 0 Å². The molecule has 2 rings (SSSR count). The largest absolute Gasteiger partial charge is 0.147 e. The fourth-order valence-corrected chi connectivity index (χ4v) is 3.11. The Morgan fingerprint density at radius 2 is 1.45 bits per heavy atom. The van der Waals surface area contributed by atoms with Crippen LogP contribution in [0.15, 0.2) is 0 Å². The van der Waals surface area contributed by atoms with Crippen LogP contribution in [0.25, 0.3) is 0 Å². The lowest BCUT2D eigenvalue weighted by atomic mass is 9.71. The zero-order valence-electron chi connectivity index (χ0n) is 7.81. The molecule has 0 radical (unpaired) electrons. The Morgan fingerprint density at radius 3 is 1.55 bits per heavy atom. The maximum atomic E-state index is 2.49. The molecule has 2 aliphatic rings. The van der Waals surface area contributed by atoms with Crippen LogP contribution in [0.3, 0.4) is 0 Å². The van der Waals surface area contributed by atoms with Crippen molar-refractivity contribution < 1.29 is 0 Å². The first-order valence-corrected chi connectivity index (χ1v) is 4.56. The van der Waals surface area contributed by atoms with Crippen LogP contribution in [0.4, 0.5) is 0 Å². The van der Waals surface area contributed by atoms with Gasteiger partial charge in [-0.05, 0) is 42.4 Å². The van der Waals surface area contributed by atoms with E-state index < -0.39 is 0 Å². The molecule has 2 bridgehead atoms. The molecule has 0 aliphatic heterocycles. The molecule has 1 heteroatoms. The molecule has 0 heterocycles. The van der Waals surface area contributed by atoms with Crippen LogP contribution in [0.5, 0.6) is 0 Å². The summed E-state index contributed by atoms with van der Waals surface area (Å²) in [6.45, 7) is 7.43. The third-order valence-electron chi connectivity index (χ3n) is 4.67. The van der Waals surface area contributed by atoms with Crippen molar-refractivity contribution in [3.8, 4) is 0 Å². The van der Waals surface area contributed by atoms with Gasteiger partial charge in [-0.25, -0.2) is 0 Å². The summed E-state index contributed by atoms with van der Waals surface area (Å²) >= 11 is 0. The third-order valence-corrected chi connectivity index (χ3v) is 4.67. The molecule has 0 amide bonds. The van der Waals surface area contributed by atoms with Crippen LogP contribution in [-0.4, -0.2) is 0 Å². The summed E-state index contributed by atoms with van der Waals surface area (Å²) in [5, 5.41) is 0. The van der Waals surface area contributed by atoms with Gasteiger partial charge in [0.05, 0.1) is 0 Å². The summed E-state index contributed by atoms with van der Waals surface area (Å²) in [4.78, 5) is 0. The maximum Gasteiger partial charge on any atom is -0.0272 e. The van der Waals surface area contributed by atoms with Crippen molar-refractivity contribution in [2.75, 3.05) is 0 Å². The molecule has 0 saturated heterocycles. The average molecular weight is 175 g/mol. The van der Waals surface area contributed by atoms with Gasteiger partial charge in [0, 0.05) is 0 Å². The van der Waals surface area contributed by atoms with Crippen LogP contribution < -0.4 is 0 Å². The minimum absolute atomic E-state index is 0. The Bertz CT molecular complexity index is 150. The van der Waals surface area contributed by atoms with Gasteiger partial charge in [0.1, 0.15) is 0 Å². The monoisotopic (exact) mass is 174 g/mol. The summed E-state index contributed by atoms with van der Waals surface area (Å²) in [6, 6.07) is 0. The Morgan fingerprint density at radius 1 is 1.00 bits per heavy atom. The molecule has 0 atom stereocenters. The second-order valence-corrected chi connectivity index (χ2v) is 5.06. The molecule has 0 N–H and O–H groups in total. The summed E-state index contributed by atoms with van der Waals surface area (Å²) in [7, 11) is 0. The van der Waals surface area contributed by atoms with Crippen molar-refractivity contribution in [2.24, 2.45) is 16.7 Å². The van der Waals surface area contributed by atoms with E-state index in [4.69, 9.17) is 0 Å². The first-order valence-electron chi connectivity index (χ1n) is 4.56. The van der Waals surface area contributed by atoms with E-state index in [1.54, 1.807) is 0 Å². The minimum atomic E-state index is 0. The van der Waals surface area contributed by atoms with Crippen LogP contribution in [-0.2, 0) is 0 Å². The van der Waals surface area contributed by atoms with Crippen molar-refractivity contribution in [2.45, 2.75) is 46.5 Å². The van der Waals surface area contributed by atoms with Gasteiger partial charge in [-0.2, -0.15) is 0 Å². The van der Waals surface area contributed by atoms with Crippen LogP contribution in [0.2, 0.25) is 0 Å². The van der Waals surface area contributed by atoms with Crippen molar-refractivity contribution in [1.82, 2.24) is 0 Å². The Labute approximate surface area is 76.2 Å². The maximum absolute atomic E-state index is 2.49. The molecule has 0 spiro atoms. The Balaban J connectivity index is 0.000000605. The van der Waals surface area contributed by atoms with E-state index in [1.165, 1.54) is 25.7 Å². The molecule has 0 nitrogen and oxygen atoms in total. The summed E-state index contributed by atoms with van der Waals surface area (Å²) in [6.07, 6.45) is 5.99. The zero-order valence-corrected chi connectivity index (χ0v) is 8.63. The fourth-order valence-electron chi connectivity index (χ4n) is 3.11. The molecule has 0 aromatic heterocycles. The predicted octanol–water partition coefficient (Wildman–Crippen LogP) is 3.64. The molecule has 2 fully saturated rings. The van der Waals surface area contributed by atoms with Crippen LogP contribution in [0, 0.1) is 16.7 Å². The standard InChI is InChI=1S/C10H18.ClH/c1-9(2)8-4-6-10(9,3)7-5-8;/h8H,4-7H2,1-3H3;1H. The van der Waals surface area contributed by atoms with Gasteiger partial charge < -0.3 is 0 Å². The van der Waals surface area contributed by atoms with Gasteiger partial charge in [0.15, 0.2) is 0 Å². The van der Waals surface area contributed by atoms with Gasteiger partial charge in [0.2, 0.25) is 0 Å². The highest BCUT2D eigenvalue weighted by Crippen LogP contribution is 2.65. The van der Waals surface area contributed by atoms with Crippen molar-refractivity contribution in [3.63, 3.8) is 0 Å². The van der Waals surface area contributed by atoms with E-state index in [0.29, 0.717) is 10.8 Å². The minimum Gasteiger partial charge on any atom is -0.147 e. The molecule has 11 heavy (non-hydrogen) atoms. The Hall–Kier alpha value is 0.290. The first-order chi connectivity index (χ1) is 4.56.